The predicted octanol–water partition coefficient (Wildman–Crippen LogP) is 10.5. The SMILES string of the molecule is C=C/C=C\c1cn2c3ccc4c5ccccc5sc4c3c3c(ccc4c5ccccc5sc43)c2c1C. The molecule has 170 valence electrons. The minimum atomic E-state index is 1.23. The third-order valence-corrected chi connectivity index (χ3v) is 9.95. The summed E-state index contributed by atoms with van der Waals surface area (Å²) in [7, 11) is 0. The van der Waals surface area contributed by atoms with E-state index in [1.165, 1.54) is 78.7 Å². The first kappa shape index (κ1) is 20.3. The Labute approximate surface area is 215 Å². The van der Waals surface area contributed by atoms with Gasteiger partial charge in [0.2, 0.25) is 0 Å². The number of aryl methyl sites for hydroxylation is 1. The standard InChI is InChI=1S/C33H21NS2/c1-3-4-9-20-18-34-26-17-16-24-22-11-6-8-13-28(22)36-33(24)30(26)29-25(31(34)19(20)2)15-14-23-21-10-5-7-12-27(21)35-32(23)29/h3-18H,1H2,2H3/b9-4-. The summed E-state index contributed by atoms with van der Waals surface area (Å²) >= 11 is 3.84. The number of hydrogen-bond acceptors (Lipinski definition) is 2. The summed E-state index contributed by atoms with van der Waals surface area (Å²) in [5.74, 6) is 0. The molecule has 36 heavy (non-hydrogen) atoms. The average molecular weight is 496 g/mol. The highest BCUT2D eigenvalue weighted by Crippen LogP contribution is 2.47. The fourth-order valence-corrected chi connectivity index (χ4v) is 8.44. The zero-order chi connectivity index (χ0) is 24.0. The van der Waals surface area contributed by atoms with Crippen LogP contribution in [0.5, 0.6) is 0 Å². The van der Waals surface area contributed by atoms with Crippen molar-refractivity contribution in [3.63, 3.8) is 0 Å². The van der Waals surface area contributed by atoms with E-state index >= 15 is 0 Å². The fourth-order valence-electron chi connectivity index (χ4n) is 5.93. The number of fused-ring (bicyclic) bond motifs is 14. The van der Waals surface area contributed by atoms with Gasteiger partial charge in [0.15, 0.2) is 0 Å². The van der Waals surface area contributed by atoms with Gasteiger partial charge in [-0.1, -0.05) is 79.4 Å². The van der Waals surface area contributed by atoms with E-state index in [-0.39, 0.29) is 0 Å². The summed E-state index contributed by atoms with van der Waals surface area (Å²) < 4.78 is 7.86. The zero-order valence-corrected chi connectivity index (χ0v) is 21.3. The molecule has 0 unspecified atom stereocenters. The number of allylic oxidation sites excluding steroid dienone is 2. The molecule has 0 N–H and O–H groups in total. The molecule has 0 aliphatic carbocycles. The molecular formula is C33H21NS2. The molecule has 1 nitrogen and oxygen atoms in total. The van der Waals surface area contributed by atoms with Crippen LogP contribution in [-0.2, 0) is 0 Å². The quantitative estimate of drug-likeness (QED) is 0.166. The van der Waals surface area contributed by atoms with Gasteiger partial charge in [0.1, 0.15) is 0 Å². The van der Waals surface area contributed by atoms with Crippen molar-refractivity contribution in [2.75, 3.05) is 0 Å². The number of nitrogens with zero attached hydrogens (tertiary/aromatic N) is 1. The van der Waals surface area contributed by atoms with E-state index in [2.05, 4.69) is 103 Å². The van der Waals surface area contributed by atoms with Crippen LogP contribution < -0.4 is 0 Å². The van der Waals surface area contributed by atoms with E-state index in [4.69, 9.17) is 0 Å². The Morgan fingerprint density at radius 2 is 1.31 bits per heavy atom. The summed E-state index contributed by atoms with van der Waals surface area (Å²) in [6.07, 6.45) is 8.34. The number of thiophene rings is 2. The van der Waals surface area contributed by atoms with Crippen LogP contribution in [0.25, 0.3) is 73.6 Å². The van der Waals surface area contributed by atoms with Crippen LogP contribution >= 0.6 is 22.7 Å². The second-order valence-electron chi connectivity index (χ2n) is 9.42. The molecular weight excluding hydrogens is 475 g/mol. The molecule has 0 fully saturated rings. The lowest BCUT2D eigenvalue weighted by atomic mass is 9.99. The Hall–Kier alpha value is -3.92. The van der Waals surface area contributed by atoms with Gasteiger partial charge in [-0.15, -0.1) is 22.7 Å². The summed E-state index contributed by atoms with van der Waals surface area (Å²) in [6, 6.07) is 27.0. The first-order chi connectivity index (χ1) is 17.7. The van der Waals surface area contributed by atoms with Gasteiger partial charge in [0, 0.05) is 62.7 Å². The maximum Gasteiger partial charge on any atom is 0.0570 e. The maximum absolute atomic E-state index is 3.88. The topological polar surface area (TPSA) is 4.41 Å². The minimum Gasteiger partial charge on any atom is -0.315 e. The van der Waals surface area contributed by atoms with Gasteiger partial charge in [-0.25, -0.2) is 0 Å². The Bertz CT molecular complexity index is 2230. The van der Waals surface area contributed by atoms with Gasteiger partial charge in [0.05, 0.1) is 11.0 Å². The van der Waals surface area contributed by atoms with Gasteiger partial charge >= 0.3 is 0 Å². The fraction of sp³-hybridized carbons (Fsp3) is 0.0303. The highest BCUT2D eigenvalue weighted by atomic mass is 32.1. The van der Waals surface area contributed by atoms with E-state index in [1.807, 2.05) is 34.8 Å². The van der Waals surface area contributed by atoms with Gasteiger partial charge in [0.25, 0.3) is 0 Å². The van der Waals surface area contributed by atoms with Crippen molar-refractivity contribution in [1.29, 1.82) is 0 Å². The van der Waals surface area contributed by atoms with Crippen molar-refractivity contribution in [3.8, 4) is 0 Å². The van der Waals surface area contributed by atoms with Crippen LogP contribution in [0.3, 0.4) is 0 Å². The van der Waals surface area contributed by atoms with E-state index in [9.17, 15) is 0 Å². The molecule has 0 saturated carbocycles. The molecule has 8 rings (SSSR count). The van der Waals surface area contributed by atoms with Crippen molar-refractivity contribution >= 4 is 96.3 Å². The molecule has 4 aromatic carbocycles. The molecule has 8 aromatic rings. The lowest BCUT2D eigenvalue weighted by Crippen LogP contribution is -1.91. The highest BCUT2D eigenvalue weighted by molar-refractivity contribution is 7.28. The Balaban J connectivity index is 1.72. The third-order valence-electron chi connectivity index (χ3n) is 7.55. The molecule has 0 saturated heterocycles. The molecule has 0 radical (unpaired) electrons. The molecule has 0 atom stereocenters. The van der Waals surface area contributed by atoms with Crippen LogP contribution in [0.15, 0.2) is 97.7 Å². The molecule has 0 amide bonds. The Morgan fingerprint density at radius 3 is 2.00 bits per heavy atom. The highest BCUT2D eigenvalue weighted by Gasteiger charge is 2.20. The first-order valence-electron chi connectivity index (χ1n) is 12.2. The summed E-state index contributed by atoms with van der Waals surface area (Å²) in [4.78, 5) is 0. The van der Waals surface area contributed by atoms with E-state index in [0.29, 0.717) is 0 Å². The lowest BCUT2D eigenvalue weighted by molar-refractivity contribution is 1.28. The zero-order valence-electron chi connectivity index (χ0n) is 19.7. The largest absolute Gasteiger partial charge is 0.315 e. The van der Waals surface area contributed by atoms with Crippen LogP contribution in [0.2, 0.25) is 0 Å². The summed E-state index contributed by atoms with van der Waals surface area (Å²) in [6.45, 7) is 6.12. The second kappa shape index (κ2) is 7.30. The summed E-state index contributed by atoms with van der Waals surface area (Å²) in [5.41, 5.74) is 5.09. The van der Waals surface area contributed by atoms with Gasteiger partial charge in [-0.05, 0) is 36.2 Å². The molecule has 0 aliphatic rings. The molecule has 0 spiro atoms. The van der Waals surface area contributed by atoms with Crippen molar-refractivity contribution in [3.05, 3.63) is 109 Å². The van der Waals surface area contributed by atoms with E-state index < -0.39 is 0 Å². The van der Waals surface area contributed by atoms with Crippen molar-refractivity contribution < 1.29 is 0 Å². The van der Waals surface area contributed by atoms with Crippen molar-refractivity contribution in [2.24, 2.45) is 0 Å². The normalized spacial score (nSPS) is 12.6. The maximum atomic E-state index is 3.88. The number of benzene rings is 4. The van der Waals surface area contributed by atoms with Gasteiger partial charge in [-0.2, -0.15) is 0 Å². The molecule has 0 aliphatic heterocycles. The van der Waals surface area contributed by atoms with Crippen LogP contribution in [0.1, 0.15) is 11.1 Å². The lowest BCUT2D eigenvalue weighted by Gasteiger charge is -2.12. The number of aromatic nitrogens is 1. The molecule has 4 heterocycles. The number of hydrogen-bond donors (Lipinski definition) is 0. The third kappa shape index (κ3) is 2.54. The smallest absolute Gasteiger partial charge is 0.0570 e. The van der Waals surface area contributed by atoms with Gasteiger partial charge in [-0.3, -0.25) is 0 Å². The van der Waals surface area contributed by atoms with Gasteiger partial charge < -0.3 is 4.40 Å². The number of rotatable bonds is 2. The van der Waals surface area contributed by atoms with E-state index in [0.717, 1.165) is 0 Å². The van der Waals surface area contributed by atoms with E-state index in [1.54, 1.807) is 0 Å². The summed E-state index contributed by atoms with van der Waals surface area (Å²) in [5, 5.41) is 9.45. The monoisotopic (exact) mass is 495 g/mol. The first-order valence-corrected chi connectivity index (χ1v) is 13.8. The van der Waals surface area contributed by atoms with Crippen molar-refractivity contribution in [1.82, 2.24) is 4.40 Å². The Morgan fingerprint density at radius 1 is 0.694 bits per heavy atom. The Kier molecular flexibility index (Phi) is 4.11. The van der Waals surface area contributed by atoms with Crippen LogP contribution in [0, 0.1) is 6.92 Å². The predicted molar refractivity (Wildman–Crippen MR) is 162 cm³/mol. The molecule has 4 aromatic heterocycles. The molecule has 3 heteroatoms. The van der Waals surface area contributed by atoms with Crippen LogP contribution in [-0.4, -0.2) is 4.40 Å². The second-order valence-corrected chi connectivity index (χ2v) is 11.5. The average Bonchev–Trinajstić information content (AvgIpc) is 3.58. The molecule has 0 bridgehead atoms. The number of pyridine rings is 1. The van der Waals surface area contributed by atoms with Crippen molar-refractivity contribution in [2.45, 2.75) is 6.92 Å². The van der Waals surface area contributed by atoms with Crippen LogP contribution in [0.4, 0.5) is 0 Å². The minimum absolute atomic E-state index is 1.23.